The maximum atomic E-state index is 12.9. The Balaban J connectivity index is 1.91. The van der Waals surface area contributed by atoms with Gasteiger partial charge in [0, 0.05) is 32.7 Å². The van der Waals surface area contributed by atoms with Gasteiger partial charge in [-0.3, -0.25) is 0 Å². The van der Waals surface area contributed by atoms with Crippen LogP contribution in [0.25, 0.3) is 0 Å². The minimum absolute atomic E-state index is 0.0995. The molecule has 0 atom stereocenters. The maximum absolute atomic E-state index is 12.9. The molecule has 0 aromatic heterocycles. The molecule has 0 spiro atoms. The van der Waals surface area contributed by atoms with Gasteiger partial charge in [-0.25, -0.2) is 13.2 Å². The number of amides is 2. The van der Waals surface area contributed by atoms with Gasteiger partial charge in [0.15, 0.2) is 0 Å². The number of rotatable bonds is 6. The van der Waals surface area contributed by atoms with Crippen LogP contribution >= 0.6 is 0 Å². The van der Waals surface area contributed by atoms with E-state index in [0.717, 1.165) is 24.0 Å². The topological polar surface area (TPSA) is 69.7 Å². The Kier molecular flexibility index (Phi) is 7.06. The summed E-state index contributed by atoms with van der Waals surface area (Å²) < 4.78 is 27.3. The molecule has 7 heteroatoms. The van der Waals surface area contributed by atoms with E-state index in [1.807, 2.05) is 26.0 Å². The molecule has 1 heterocycles. The summed E-state index contributed by atoms with van der Waals surface area (Å²) in [5, 5.41) is 2.93. The van der Waals surface area contributed by atoms with Crippen molar-refractivity contribution in [2.24, 2.45) is 5.92 Å². The predicted molar refractivity (Wildman–Crippen MR) is 104 cm³/mol. The van der Waals surface area contributed by atoms with Gasteiger partial charge in [0.2, 0.25) is 10.0 Å². The normalized spacial score (nSPS) is 16.1. The molecular formula is C19H31N3O3S. The summed E-state index contributed by atoms with van der Waals surface area (Å²) in [5.74, 6) is 0.630. The SMILES string of the molecule is Cc1ccc(C)c(S(=O)(=O)N2CCN(C(=O)NCCCC(C)C)CC2)c1. The number of piperazine rings is 1. The van der Waals surface area contributed by atoms with Gasteiger partial charge in [-0.2, -0.15) is 4.31 Å². The first-order valence-electron chi connectivity index (χ1n) is 9.32. The molecule has 146 valence electrons. The molecule has 1 N–H and O–H groups in total. The van der Waals surface area contributed by atoms with Crippen LogP contribution in [0.2, 0.25) is 0 Å². The van der Waals surface area contributed by atoms with Gasteiger partial charge in [-0.15, -0.1) is 0 Å². The second-order valence-electron chi connectivity index (χ2n) is 7.43. The molecule has 1 aromatic carbocycles. The number of nitrogens with zero attached hydrogens (tertiary/aromatic N) is 2. The highest BCUT2D eigenvalue weighted by molar-refractivity contribution is 7.89. The summed E-state index contributed by atoms with van der Waals surface area (Å²) in [6, 6.07) is 5.37. The fourth-order valence-electron chi connectivity index (χ4n) is 3.07. The number of hydrogen-bond donors (Lipinski definition) is 1. The monoisotopic (exact) mass is 381 g/mol. The fourth-order valence-corrected chi connectivity index (χ4v) is 4.81. The van der Waals surface area contributed by atoms with Crippen molar-refractivity contribution in [3.8, 4) is 0 Å². The summed E-state index contributed by atoms with van der Waals surface area (Å²) in [4.78, 5) is 14.3. The Morgan fingerprint density at radius 1 is 1.15 bits per heavy atom. The zero-order chi connectivity index (χ0) is 19.3. The number of carbonyl (C=O) groups excluding carboxylic acids is 1. The van der Waals surface area contributed by atoms with Gasteiger partial charge in [-0.1, -0.05) is 26.0 Å². The molecule has 1 saturated heterocycles. The highest BCUT2D eigenvalue weighted by Crippen LogP contribution is 2.22. The van der Waals surface area contributed by atoms with Crippen LogP contribution in [0.1, 0.15) is 37.8 Å². The van der Waals surface area contributed by atoms with Crippen LogP contribution in [-0.4, -0.2) is 56.4 Å². The van der Waals surface area contributed by atoms with Crippen LogP contribution in [-0.2, 0) is 10.0 Å². The number of nitrogens with one attached hydrogen (secondary N) is 1. The third kappa shape index (κ3) is 5.20. The summed E-state index contributed by atoms with van der Waals surface area (Å²) in [6.45, 7) is 10.2. The lowest BCUT2D eigenvalue weighted by Gasteiger charge is -2.34. The Labute approximate surface area is 157 Å². The first-order valence-corrected chi connectivity index (χ1v) is 10.8. The zero-order valence-electron chi connectivity index (χ0n) is 16.3. The quantitative estimate of drug-likeness (QED) is 0.771. The van der Waals surface area contributed by atoms with Crippen LogP contribution in [0.5, 0.6) is 0 Å². The maximum Gasteiger partial charge on any atom is 0.317 e. The Hall–Kier alpha value is -1.60. The van der Waals surface area contributed by atoms with E-state index in [1.165, 1.54) is 4.31 Å². The second-order valence-corrected chi connectivity index (χ2v) is 9.33. The molecule has 2 amide bonds. The van der Waals surface area contributed by atoms with Crippen LogP contribution in [0.3, 0.4) is 0 Å². The molecule has 1 aromatic rings. The van der Waals surface area contributed by atoms with E-state index in [4.69, 9.17) is 0 Å². The molecule has 1 fully saturated rings. The van der Waals surface area contributed by atoms with Gasteiger partial charge < -0.3 is 10.2 Å². The first kappa shape index (κ1) is 20.7. The minimum atomic E-state index is -3.52. The summed E-state index contributed by atoms with van der Waals surface area (Å²) in [5.41, 5.74) is 1.68. The van der Waals surface area contributed by atoms with Crippen LogP contribution in [0.4, 0.5) is 4.79 Å². The number of benzene rings is 1. The molecule has 1 aliphatic heterocycles. The summed E-state index contributed by atoms with van der Waals surface area (Å²) in [7, 11) is -3.52. The molecule has 6 nitrogen and oxygen atoms in total. The van der Waals surface area contributed by atoms with E-state index < -0.39 is 10.0 Å². The van der Waals surface area contributed by atoms with Crippen molar-refractivity contribution in [2.75, 3.05) is 32.7 Å². The van der Waals surface area contributed by atoms with E-state index in [1.54, 1.807) is 11.0 Å². The lowest BCUT2D eigenvalue weighted by atomic mass is 10.1. The summed E-state index contributed by atoms with van der Waals surface area (Å²) in [6.07, 6.45) is 2.05. The molecule has 26 heavy (non-hydrogen) atoms. The molecule has 0 unspecified atom stereocenters. The third-order valence-electron chi connectivity index (χ3n) is 4.72. The highest BCUT2D eigenvalue weighted by Gasteiger charge is 2.31. The number of sulfonamides is 1. The van der Waals surface area contributed by atoms with E-state index in [-0.39, 0.29) is 6.03 Å². The molecule has 2 rings (SSSR count). The number of carbonyl (C=O) groups is 1. The van der Waals surface area contributed by atoms with Crippen molar-refractivity contribution in [2.45, 2.75) is 45.4 Å². The second kappa shape index (κ2) is 8.86. The predicted octanol–water partition coefficient (Wildman–Crippen LogP) is 2.76. The van der Waals surface area contributed by atoms with Crippen molar-refractivity contribution < 1.29 is 13.2 Å². The van der Waals surface area contributed by atoms with Crippen molar-refractivity contribution in [1.29, 1.82) is 0 Å². The third-order valence-corrected chi connectivity index (χ3v) is 6.76. The van der Waals surface area contributed by atoms with Crippen molar-refractivity contribution in [3.63, 3.8) is 0 Å². The smallest absolute Gasteiger partial charge is 0.317 e. The average molecular weight is 382 g/mol. The zero-order valence-corrected chi connectivity index (χ0v) is 17.1. The van der Waals surface area contributed by atoms with Crippen molar-refractivity contribution in [1.82, 2.24) is 14.5 Å². The van der Waals surface area contributed by atoms with Crippen LogP contribution in [0.15, 0.2) is 23.1 Å². The standard InChI is InChI=1S/C19H31N3O3S/c1-15(2)6-5-9-20-19(23)21-10-12-22(13-11-21)26(24,25)18-14-16(3)7-8-17(18)4/h7-8,14-15H,5-6,9-13H2,1-4H3,(H,20,23). The van der Waals surface area contributed by atoms with E-state index in [0.29, 0.717) is 43.5 Å². The lowest BCUT2D eigenvalue weighted by Crippen LogP contribution is -2.53. The molecule has 1 aliphatic rings. The largest absolute Gasteiger partial charge is 0.338 e. The number of urea groups is 1. The molecule has 0 aliphatic carbocycles. The first-order chi connectivity index (χ1) is 12.2. The number of hydrogen-bond acceptors (Lipinski definition) is 3. The molecular weight excluding hydrogens is 350 g/mol. The average Bonchev–Trinajstić information content (AvgIpc) is 2.60. The minimum Gasteiger partial charge on any atom is -0.338 e. The van der Waals surface area contributed by atoms with Gasteiger partial charge in [-0.05, 0) is 49.8 Å². The lowest BCUT2D eigenvalue weighted by molar-refractivity contribution is 0.172. The summed E-state index contributed by atoms with van der Waals surface area (Å²) >= 11 is 0. The number of aryl methyl sites for hydroxylation is 2. The Morgan fingerprint density at radius 2 is 1.81 bits per heavy atom. The van der Waals surface area contributed by atoms with Gasteiger partial charge in [0.25, 0.3) is 0 Å². The molecule has 0 radical (unpaired) electrons. The van der Waals surface area contributed by atoms with Crippen LogP contribution < -0.4 is 5.32 Å². The van der Waals surface area contributed by atoms with Crippen LogP contribution in [0, 0.1) is 19.8 Å². The van der Waals surface area contributed by atoms with Crippen molar-refractivity contribution in [3.05, 3.63) is 29.3 Å². The molecule has 0 bridgehead atoms. The fraction of sp³-hybridized carbons (Fsp3) is 0.632. The van der Waals surface area contributed by atoms with E-state index in [2.05, 4.69) is 19.2 Å². The highest BCUT2D eigenvalue weighted by atomic mass is 32.2. The molecule has 0 saturated carbocycles. The van der Waals surface area contributed by atoms with E-state index >= 15 is 0 Å². The van der Waals surface area contributed by atoms with E-state index in [9.17, 15) is 13.2 Å². The Bertz CT molecular complexity index is 724. The Morgan fingerprint density at radius 3 is 2.42 bits per heavy atom. The van der Waals surface area contributed by atoms with Gasteiger partial charge in [0.05, 0.1) is 4.90 Å². The van der Waals surface area contributed by atoms with Crippen molar-refractivity contribution >= 4 is 16.1 Å². The van der Waals surface area contributed by atoms with Gasteiger partial charge >= 0.3 is 6.03 Å². The van der Waals surface area contributed by atoms with Gasteiger partial charge in [0.1, 0.15) is 0 Å².